The van der Waals surface area contributed by atoms with Crippen LogP contribution < -0.4 is 5.32 Å². The van der Waals surface area contributed by atoms with Crippen LogP contribution in [-0.4, -0.2) is 28.0 Å². The van der Waals surface area contributed by atoms with Gasteiger partial charge in [0.2, 0.25) is 11.8 Å². The minimum Gasteiger partial charge on any atom is -0.493 e. The molecule has 0 atom stereocenters. The third kappa shape index (κ3) is 5.43. The molecule has 0 aliphatic carbocycles. The fourth-order valence-electron chi connectivity index (χ4n) is 3.39. The Bertz CT molecular complexity index is 1310. The molecule has 2 heterocycles. The zero-order valence-corrected chi connectivity index (χ0v) is 17.7. The normalized spacial score (nSPS) is 11.5. The molecule has 166 valence electrons. The molecule has 4 aromatic rings. The second kappa shape index (κ2) is 10.2. The van der Waals surface area contributed by atoms with Crippen molar-refractivity contribution in [1.29, 1.82) is 0 Å². The van der Waals surface area contributed by atoms with E-state index in [0.717, 1.165) is 17.5 Å². The molecule has 8 heteroatoms. The summed E-state index contributed by atoms with van der Waals surface area (Å²) in [7, 11) is 0. The summed E-state index contributed by atoms with van der Waals surface area (Å²) in [6, 6.07) is 20.8. The number of benzene rings is 2. The van der Waals surface area contributed by atoms with Crippen molar-refractivity contribution < 1.29 is 19.1 Å². The van der Waals surface area contributed by atoms with Crippen molar-refractivity contribution in [3.05, 3.63) is 90.4 Å². The van der Waals surface area contributed by atoms with Crippen molar-refractivity contribution in [1.82, 2.24) is 9.88 Å². The molecular weight excluding hydrogens is 420 g/mol. The van der Waals surface area contributed by atoms with E-state index < -0.39 is 11.8 Å². The Hall–Kier alpha value is -4.46. The SMILES string of the molecule is O=C(CNC(=O)C=Cc1ccco1)N=Nc1c(O)n(CCc2ccccc2)c2ccccc12. The van der Waals surface area contributed by atoms with Crippen LogP contribution in [0.5, 0.6) is 5.88 Å². The summed E-state index contributed by atoms with van der Waals surface area (Å²) in [5.74, 6) is -0.644. The van der Waals surface area contributed by atoms with E-state index in [-0.39, 0.29) is 18.1 Å². The lowest BCUT2D eigenvalue weighted by Crippen LogP contribution is -2.26. The molecule has 0 spiro atoms. The number of hydrogen-bond acceptors (Lipinski definition) is 5. The number of nitrogens with zero attached hydrogens (tertiary/aromatic N) is 3. The van der Waals surface area contributed by atoms with Crippen molar-refractivity contribution in [3.63, 3.8) is 0 Å². The van der Waals surface area contributed by atoms with Crippen LogP contribution in [0.2, 0.25) is 0 Å². The number of aromatic nitrogens is 1. The van der Waals surface area contributed by atoms with Gasteiger partial charge >= 0.3 is 0 Å². The van der Waals surface area contributed by atoms with Crippen molar-refractivity contribution >= 4 is 34.5 Å². The van der Waals surface area contributed by atoms with E-state index >= 15 is 0 Å². The molecule has 33 heavy (non-hydrogen) atoms. The first-order valence-corrected chi connectivity index (χ1v) is 10.4. The second-order valence-corrected chi connectivity index (χ2v) is 7.24. The first-order chi connectivity index (χ1) is 16.1. The molecule has 0 unspecified atom stereocenters. The van der Waals surface area contributed by atoms with Gasteiger partial charge in [0.05, 0.1) is 11.8 Å². The Morgan fingerprint density at radius 3 is 2.61 bits per heavy atom. The zero-order valence-electron chi connectivity index (χ0n) is 17.7. The van der Waals surface area contributed by atoms with Crippen LogP contribution in [0.4, 0.5) is 5.69 Å². The van der Waals surface area contributed by atoms with Crippen LogP contribution in [0, 0.1) is 0 Å². The van der Waals surface area contributed by atoms with Crippen LogP contribution in [0.1, 0.15) is 11.3 Å². The lowest BCUT2D eigenvalue weighted by molar-refractivity contribution is -0.122. The average molecular weight is 442 g/mol. The summed E-state index contributed by atoms with van der Waals surface area (Å²) < 4.78 is 6.85. The predicted molar refractivity (Wildman–Crippen MR) is 124 cm³/mol. The van der Waals surface area contributed by atoms with E-state index in [0.29, 0.717) is 17.7 Å². The fraction of sp³-hybridized carbons (Fsp3) is 0.120. The van der Waals surface area contributed by atoms with Gasteiger partial charge in [-0.2, -0.15) is 0 Å². The Morgan fingerprint density at radius 2 is 1.82 bits per heavy atom. The van der Waals surface area contributed by atoms with Crippen molar-refractivity contribution in [2.24, 2.45) is 10.2 Å². The van der Waals surface area contributed by atoms with Crippen molar-refractivity contribution in [2.45, 2.75) is 13.0 Å². The number of hydrogen-bond donors (Lipinski definition) is 2. The third-order valence-electron chi connectivity index (χ3n) is 5.00. The number of furan rings is 1. The van der Waals surface area contributed by atoms with Gasteiger partial charge in [-0.05, 0) is 36.3 Å². The fourth-order valence-corrected chi connectivity index (χ4v) is 3.39. The van der Waals surface area contributed by atoms with Gasteiger partial charge in [0.15, 0.2) is 5.69 Å². The van der Waals surface area contributed by atoms with Crippen LogP contribution in [0.3, 0.4) is 0 Å². The maximum atomic E-state index is 12.1. The van der Waals surface area contributed by atoms with E-state index in [9.17, 15) is 14.7 Å². The largest absolute Gasteiger partial charge is 0.493 e. The molecule has 2 aromatic carbocycles. The Labute approximate surface area is 189 Å². The smallest absolute Gasteiger partial charge is 0.283 e. The van der Waals surface area contributed by atoms with E-state index in [1.54, 1.807) is 16.7 Å². The standard InChI is InChI=1S/C25H22N4O4/c30-22(13-12-19-9-6-16-33-19)26-17-23(31)27-28-24-20-10-4-5-11-21(20)29(25(24)32)15-14-18-7-2-1-3-8-18/h1-13,16,32H,14-15,17H2,(H,26,30). The van der Waals surface area contributed by atoms with E-state index in [2.05, 4.69) is 15.5 Å². The van der Waals surface area contributed by atoms with Crippen molar-refractivity contribution in [2.75, 3.05) is 6.54 Å². The topological polar surface area (TPSA) is 109 Å². The van der Waals surface area contributed by atoms with Gasteiger partial charge < -0.3 is 19.4 Å². The van der Waals surface area contributed by atoms with Gasteiger partial charge in [-0.25, -0.2) is 0 Å². The molecule has 0 fully saturated rings. The summed E-state index contributed by atoms with van der Waals surface area (Å²) in [6.45, 7) is 0.218. The molecule has 0 bridgehead atoms. The highest BCUT2D eigenvalue weighted by molar-refractivity contribution is 5.96. The molecule has 2 aromatic heterocycles. The summed E-state index contributed by atoms with van der Waals surface area (Å²) in [6.07, 6.45) is 4.97. The number of para-hydroxylation sites is 1. The summed E-state index contributed by atoms with van der Waals surface area (Å²) in [5.41, 5.74) is 2.16. The highest BCUT2D eigenvalue weighted by Crippen LogP contribution is 2.38. The first-order valence-electron chi connectivity index (χ1n) is 10.4. The minimum atomic E-state index is -0.643. The molecule has 4 rings (SSSR count). The number of aromatic hydroxyl groups is 1. The highest BCUT2D eigenvalue weighted by atomic mass is 16.3. The van der Waals surface area contributed by atoms with Gasteiger partial charge in [0, 0.05) is 18.0 Å². The van der Waals surface area contributed by atoms with Gasteiger partial charge in [-0.1, -0.05) is 48.5 Å². The average Bonchev–Trinajstić information content (AvgIpc) is 3.45. The van der Waals surface area contributed by atoms with Crippen LogP contribution in [0.25, 0.3) is 17.0 Å². The number of amides is 2. The molecule has 8 nitrogen and oxygen atoms in total. The lowest BCUT2D eigenvalue weighted by atomic mass is 10.1. The third-order valence-corrected chi connectivity index (χ3v) is 5.00. The number of carbonyl (C=O) groups is 2. The maximum Gasteiger partial charge on any atom is 0.283 e. The highest BCUT2D eigenvalue weighted by Gasteiger charge is 2.16. The Morgan fingerprint density at radius 1 is 1.03 bits per heavy atom. The molecule has 0 radical (unpaired) electrons. The number of carbonyl (C=O) groups excluding carboxylic acids is 2. The maximum absolute atomic E-state index is 12.1. The lowest BCUT2D eigenvalue weighted by Gasteiger charge is -2.07. The van der Waals surface area contributed by atoms with Gasteiger partial charge in [0.1, 0.15) is 12.3 Å². The van der Waals surface area contributed by atoms with Gasteiger partial charge in [-0.3, -0.25) is 9.59 Å². The molecule has 2 N–H and O–H groups in total. The molecule has 0 saturated heterocycles. The molecule has 2 amide bonds. The summed E-state index contributed by atoms with van der Waals surface area (Å²) >= 11 is 0. The van der Waals surface area contributed by atoms with E-state index in [4.69, 9.17) is 4.42 Å². The van der Waals surface area contributed by atoms with Gasteiger partial charge in [-0.15, -0.1) is 10.2 Å². The molecular formula is C25H22N4O4. The number of fused-ring (bicyclic) bond motifs is 1. The number of nitrogens with one attached hydrogen (secondary N) is 1. The second-order valence-electron chi connectivity index (χ2n) is 7.24. The summed E-state index contributed by atoms with van der Waals surface area (Å²) in [5, 5.41) is 21.6. The Balaban J connectivity index is 1.43. The molecule has 0 saturated carbocycles. The van der Waals surface area contributed by atoms with Crippen LogP contribution >= 0.6 is 0 Å². The van der Waals surface area contributed by atoms with Gasteiger partial charge in [0.25, 0.3) is 5.91 Å². The Kier molecular flexibility index (Phi) is 6.75. The monoisotopic (exact) mass is 442 g/mol. The van der Waals surface area contributed by atoms with Crippen molar-refractivity contribution in [3.8, 4) is 5.88 Å². The minimum absolute atomic E-state index is 0.0610. The summed E-state index contributed by atoms with van der Waals surface area (Å²) in [4.78, 5) is 23.9. The molecule has 0 aliphatic heterocycles. The van der Waals surface area contributed by atoms with E-state index in [1.165, 1.54) is 18.4 Å². The number of rotatable bonds is 8. The molecule has 0 aliphatic rings. The van der Waals surface area contributed by atoms with E-state index in [1.807, 2.05) is 54.6 Å². The quantitative estimate of drug-likeness (QED) is 0.306. The number of aryl methyl sites for hydroxylation is 2. The number of azo groups is 1. The predicted octanol–water partition coefficient (Wildman–Crippen LogP) is 4.62. The van der Waals surface area contributed by atoms with Crippen LogP contribution in [-0.2, 0) is 22.6 Å². The van der Waals surface area contributed by atoms with Crippen LogP contribution in [0.15, 0.2) is 93.7 Å². The zero-order chi connectivity index (χ0) is 23.0. The first kappa shape index (κ1) is 21.8.